The third-order valence-corrected chi connectivity index (χ3v) is 5.90. The molecule has 6 heteroatoms. The highest BCUT2D eigenvalue weighted by Gasteiger charge is 2.22. The molecule has 162 valence electrons. The lowest BCUT2D eigenvalue weighted by Crippen LogP contribution is -3.11. The molecule has 0 saturated heterocycles. The van der Waals surface area contributed by atoms with Gasteiger partial charge in [-0.1, -0.05) is 24.6 Å². The zero-order valence-electron chi connectivity index (χ0n) is 18.3. The number of ether oxygens (including phenoxy) is 2. The average molecular weight is 413 g/mol. The second-order valence-corrected chi connectivity index (χ2v) is 7.99. The molecule has 1 unspecified atom stereocenters. The van der Waals surface area contributed by atoms with Gasteiger partial charge in [0, 0.05) is 23.0 Å². The van der Waals surface area contributed by atoms with Crippen LogP contribution >= 0.6 is 0 Å². The van der Waals surface area contributed by atoms with E-state index in [0.29, 0.717) is 17.2 Å². The highest BCUT2D eigenvalue weighted by Crippen LogP contribution is 2.29. The topological polar surface area (TPSA) is 64.0 Å². The number of carbonyl (C=O) groups is 1. The van der Waals surface area contributed by atoms with Gasteiger partial charge in [0.2, 0.25) is 5.91 Å². The number of hydrogen-bond acceptors (Lipinski definition) is 4. The van der Waals surface area contributed by atoms with Gasteiger partial charge in [-0.3, -0.25) is 4.79 Å². The van der Waals surface area contributed by atoms with Crippen LogP contribution in [0.25, 0.3) is 0 Å². The van der Waals surface area contributed by atoms with Crippen molar-refractivity contribution in [3.63, 3.8) is 0 Å². The largest absolute Gasteiger partial charge is 0.493 e. The Kier molecular flexibility index (Phi) is 7.97. The summed E-state index contributed by atoms with van der Waals surface area (Å²) < 4.78 is 10.5. The van der Waals surface area contributed by atoms with E-state index >= 15 is 0 Å². The van der Waals surface area contributed by atoms with Crippen molar-refractivity contribution in [2.75, 3.05) is 38.4 Å². The maximum Gasteiger partial charge on any atom is 0.243 e. The van der Waals surface area contributed by atoms with Gasteiger partial charge in [0.1, 0.15) is 6.54 Å². The molecule has 0 spiro atoms. The van der Waals surface area contributed by atoms with Crippen molar-refractivity contribution < 1.29 is 19.2 Å². The van der Waals surface area contributed by atoms with Crippen LogP contribution in [-0.2, 0) is 11.3 Å². The van der Waals surface area contributed by atoms with Crippen LogP contribution in [0.2, 0.25) is 0 Å². The van der Waals surface area contributed by atoms with E-state index in [2.05, 4.69) is 29.8 Å². The molecule has 1 aliphatic rings. The van der Waals surface area contributed by atoms with Crippen LogP contribution in [0.3, 0.4) is 0 Å². The van der Waals surface area contributed by atoms with E-state index in [0.717, 1.165) is 18.3 Å². The molecular weight excluding hydrogens is 378 g/mol. The Morgan fingerprint density at radius 2 is 1.77 bits per heavy atom. The summed E-state index contributed by atoms with van der Waals surface area (Å²) in [6.45, 7) is 1.17. The summed E-state index contributed by atoms with van der Waals surface area (Å²) in [7, 11) is 5.45. The van der Waals surface area contributed by atoms with E-state index in [1.54, 1.807) is 37.3 Å². The molecule has 1 amide bonds. The van der Waals surface area contributed by atoms with Gasteiger partial charge in [-0.2, -0.15) is 0 Å². The summed E-state index contributed by atoms with van der Waals surface area (Å²) in [5.74, 6) is 1.11. The maximum absolute atomic E-state index is 12.5. The van der Waals surface area contributed by atoms with E-state index in [1.165, 1.54) is 37.7 Å². The molecule has 2 aromatic carbocycles. The van der Waals surface area contributed by atoms with Crippen LogP contribution < -0.4 is 25.0 Å². The Morgan fingerprint density at radius 3 is 2.50 bits per heavy atom. The fourth-order valence-corrected chi connectivity index (χ4v) is 4.18. The summed E-state index contributed by atoms with van der Waals surface area (Å²) in [6, 6.07) is 14.4. The minimum absolute atomic E-state index is 0.106. The minimum atomic E-state index is -0.106. The molecule has 0 aliphatic heterocycles. The van der Waals surface area contributed by atoms with Crippen LogP contribution in [0.4, 0.5) is 11.4 Å². The number of nitrogens with one attached hydrogen (secondary N) is 3. The van der Waals surface area contributed by atoms with Crippen LogP contribution in [0.15, 0.2) is 42.5 Å². The maximum atomic E-state index is 12.5. The van der Waals surface area contributed by atoms with Gasteiger partial charge < -0.3 is 25.0 Å². The second kappa shape index (κ2) is 10.9. The standard InChI is InChI=1S/C24H33N3O3/c1-27(20-10-5-4-6-11-20)17-18-9-7-8-12-21(18)25-16-24(28)26-19-13-14-22(29-2)23(15-19)30-3/h7-9,12-15,20,25H,4-6,10-11,16-17H2,1-3H3,(H,26,28)/p+1. The van der Waals surface area contributed by atoms with E-state index < -0.39 is 0 Å². The van der Waals surface area contributed by atoms with Gasteiger partial charge >= 0.3 is 0 Å². The lowest BCUT2D eigenvalue weighted by Gasteiger charge is -2.28. The molecule has 3 rings (SSSR count). The number of benzene rings is 2. The molecule has 3 N–H and O–H groups in total. The van der Waals surface area contributed by atoms with Gasteiger partial charge in [0.05, 0.1) is 33.9 Å². The molecule has 0 heterocycles. The molecule has 2 aromatic rings. The monoisotopic (exact) mass is 412 g/mol. The van der Waals surface area contributed by atoms with Crippen molar-refractivity contribution in [3.8, 4) is 11.5 Å². The molecule has 0 aromatic heterocycles. The Labute approximate surface area is 179 Å². The van der Waals surface area contributed by atoms with Gasteiger partial charge in [0.25, 0.3) is 0 Å². The SMILES string of the molecule is COc1ccc(NC(=O)CNc2ccccc2C[NH+](C)C2CCCCC2)cc1OC. The first kappa shape index (κ1) is 22.0. The smallest absolute Gasteiger partial charge is 0.243 e. The predicted molar refractivity (Wildman–Crippen MR) is 121 cm³/mol. The lowest BCUT2D eigenvalue weighted by atomic mass is 9.94. The fourth-order valence-electron chi connectivity index (χ4n) is 4.18. The molecule has 1 fully saturated rings. The average Bonchev–Trinajstić information content (AvgIpc) is 2.79. The normalized spacial score (nSPS) is 15.3. The van der Waals surface area contributed by atoms with Gasteiger partial charge in [-0.15, -0.1) is 0 Å². The summed E-state index contributed by atoms with van der Waals surface area (Å²) >= 11 is 0. The van der Waals surface area contributed by atoms with E-state index in [4.69, 9.17) is 9.47 Å². The van der Waals surface area contributed by atoms with Crippen molar-refractivity contribution in [1.29, 1.82) is 0 Å². The van der Waals surface area contributed by atoms with Gasteiger partial charge in [-0.05, 0) is 43.9 Å². The lowest BCUT2D eigenvalue weighted by molar-refractivity contribution is -0.921. The van der Waals surface area contributed by atoms with Crippen LogP contribution in [0.1, 0.15) is 37.7 Å². The van der Waals surface area contributed by atoms with Crippen molar-refractivity contribution in [2.45, 2.75) is 44.7 Å². The number of amides is 1. The molecule has 1 aliphatic carbocycles. The number of para-hydroxylation sites is 1. The summed E-state index contributed by atoms with van der Waals surface area (Å²) in [5, 5.41) is 6.22. The highest BCUT2D eigenvalue weighted by molar-refractivity contribution is 5.94. The number of carbonyl (C=O) groups excluding carboxylic acids is 1. The molecule has 6 nitrogen and oxygen atoms in total. The van der Waals surface area contributed by atoms with E-state index in [-0.39, 0.29) is 12.5 Å². The van der Waals surface area contributed by atoms with Crippen molar-refractivity contribution in [2.24, 2.45) is 0 Å². The zero-order valence-corrected chi connectivity index (χ0v) is 18.3. The zero-order chi connectivity index (χ0) is 21.3. The van der Waals surface area contributed by atoms with Gasteiger partial charge in [0.15, 0.2) is 11.5 Å². The van der Waals surface area contributed by atoms with Crippen LogP contribution in [0.5, 0.6) is 11.5 Å². The fraction of sp³-hybridized carbons (Fsp3) is 0.458. The third kappa shape index (κ3) is 5.89. The van der Waals surface area contributed by atoms with Crippen molar-refractivity contribution in [1.82, 2.24) is 0 Å². The minimum Gasteiger partial charge on any atom is -0.493 e. The van der Waals surface area contributed by atoms with Crippen LogP contribution in [0, 0.1) is 0 Å². The Hall–Kier alpha value is -2.73. The molecule has 1 saturated carbocycles. The summed E-state index contributed by atoms with van der Waals surface area (Å²) in [5.41, 5.74) is 2.95. The molecule has 30 heavy (non-hydrogen) atoms. The van der Waals surface area contributed by atoms with Crippen LogP contribution in [-0.4, -0.2) is 39.8 Å². The summed E-state index contributed by atoms with van der Waals surface area (Å²) in [4.78, 5) is 14.0. The van der Waals surface area contributed by atoms with Gasteiger partial charge in [-0.25, -0.2) is 0 Å². The van der Waals surface area contributed by atoms with E-state index in [1.807, 2.05) is 12.1 Å². The van der Waals surface area contributed by atoms with Crippen molar-refractivity contribution >= 4 is 17.3 Å². The van der Waals surface area contributed by atoms with Crippen molar-refractivity contribution in [3.05, 3.63) is 48.0 Å². The molecule has 0 bridgehead atoms. The Morgan fingerprint density at radius 1 is 1.03 bits per heavy atom. The quantitative estimate of drug-likeness (QED) is 0.592. The third-order valence-electron chi connectivity index (χ3n) is 5.90. The second-order valence-electron chi connectivity index (χ2n) is 7.99. The number of rotatable bonds is 9. The molecule has 0 radical (unpaired) electrons. The number of methoxy groups -OCH3 is 2. The first-order chi connectivity index (χ1) is 14.6. The summed E-state index contributed by atoms with van der Waals surface area (Å²) in [6.07, 6.45) is 6.69. The number of hydrogen-bond donors (Lipinski definition) is 3. The first-order valence-electron chi connectivity index (χ1n) is 10.8. The van der Waals surface area contributed by atoms with E-state index in [9.17, 15) is 4.79 Å². The number of anilines is 2. The predicted octanol–water partition coefficient (Wildman–Crippen LogP) is 3.10. The Balaban J connectivity index is 1.57. The molecule has 1 atom stereocenters. The Bertz CT molecular complexity index is 834. The molecular formula is C24H34N3O3+. The number of quaternary nitrogens is 1. The highest BCUT2D eigenvalue weighted by atomic mass is 16.5. The first-order valence-corrected chi connectivity index (χ1v) is 10.8.